The zero-order chi connectivity index (χ0) is 23.1. The number of imidazole rings is 1. The van der Waals surface area contributed by atoms with Crippen molar-refractivity contribution in [2.75, 3.05) is 34.0 Å². The third kappa shape index (κ3) is 3.67. The molecule has 0 aliphatic carbocycles. The lowest BCUT2D eigenvalue weighted by atomic mass is 9.99. The van der Waals surface area contributed by atoms with Crippen LogP contribution in [0.25, 0.3) is 33.1 Å². The second kappa shape index (κ2) is 8.76. The zero-order valence-corrected chi connectivity index (χ0v) is 19.8. The molecule has 3 aromatic heterocycles. The molecule has 1 saturated heterocycles. The minimum Gasteiger partial charge on any atom is -0.496 e. The second-order valence-corrected chi connectivity index (χ2v) is 8.79. The van der Waals surface area contributed by atoms with Crippen molar-refractivity contribution in [3.63, 3.8) is 0 Å². The number of fused-ring (bicyclic) bond motifs is 3. The first kappa shape index (κ1) is 21.9. The Hall–Kier alpha value is -2.97. The molecule has 8 nitrogen and oxygen atoms in total. The Morgan fingerprint density at radius 2 is 1.94 bits per heavy atom. The van der Waals surface area contributed by atoms with Crippen LogP contribution in [0.5, 0.6) is 5.75 Å². The van der Waals surface area contributed by atoms with Crippen LogP contribution in [-0.2, 0) is 9.47 Å². The molecule has 4 aromatic rings. The van der Waals surface area contributed by atoms with Gasteiger partial charge in [0.2, 0.25) is 0 Å². The SMILES string of the molecule is COC[C@@H](C)n1c(C2CCOCC2)nc2cnc3cc(-c4c(C)noc4C)c(OC)cc3c21. The van der Waals surface area contributed by atoms with Crippen molar-refractivity contribution in [2.45, 2.75) is 45.6 Å². The number of ether oxygens (including phenoxy) is 3. The molecular weight excluding hydrogens is 420 g/mol. The molecule has 8 heteroatoms. The molecule has 5 rings (SSSR count). The quantitative estimate of drug-likeness (QED) is 0.410. The van der Waals surface area contributed by atoms with Gasteiger partial charge in [-0.25, -0.2) is 4.98 Å². The summed E-state index contributed by atoms with van der Waals surface area (Å²) < 4.78 is 24.7. The van der Waals surface area contributed by atoms with Crippen molar-refractivity contribution in [3.8, 4) is 16.9 Å². The number of hydrogen-bond donors (Lipinski definition) is 0. The van der Waals surface area contributed by atoms with Crippen molar-refractivity contribution in [1.29, 1.82) is 0 Å². The highest BCUT2D eigenvalue weighted by molar-refractivity contribution is 6.05. The van der Waals surface area contributed by atoms with E-state index in [1.54, 1.807) is 14.2 Å². The third-order valence-corrected chi connectivity index (χ3v) is 6.60. The summed E-state index contributed by atoms with van der Waals surface area (Å²) in [6.45, 7) is 8.15. The van der Waals surface area contributed by atoms with Gasteiger partial charge in [0.15, 0.2) is 0 Å². The van der Waals surface area contributed by atoms with Gasteiger partial charge in [0.25, 0.3) is 0 Å². The molecule has 0 saturated carbocycles. The summed E-state index contributed by atoms with van der Waals surface area (Å²) in [5.41, 5.74) is 5.52. The van der Waals surface area contributed by atoms with Crippen LogP contribution in [0.1, 0.15) is 49.0 Å². The van der Waals surface area contributed by atoms with Gasteiger partial charge in [0, 0.05) is 37.2 Å². The fraction of sp³-hybridized carbons (Fsp3) is 0.480. The topological polar surface area (TPSA) is 84.4 Å². The lowest BCUT2D eigenvalue weighted by Gasteiger charge is -2.25. The second-order valence-electron chi connectivity index (χ2n) is 8.79. The zero-order valence-electron chi connectivity index (χ0n) is 19.8. The first-order valence-electron chi connectivity index (χ1n) is 11.4. The van der Waals surface area contributed by atoms with Crippen molar-refractivity contribution < 1.29 is 18.7 Å². The maximum atomic E-state index is 5.84. The normalized spacial score (nSPS) is 16.0. The number of methoxy groups -OCH3 is 2. The van der Waals surface area contributed by atoms with E-state index in [0.29, 0.717) is 12.5 Å². The molecule has 1 aliphatic heterocycles. The van der Waals surface area contributed by atoms with Crippen LogP contribution in [-0.4, -0.2) is 53.7 Å². The largest absolute Gasteiger partial charge is 0.496 e. The van der Waals surface area contributed by atoms with Gasteiger partial charge in [-0.2, -0.15) is 0 Å². The lowest BCUT2D eigenvalue weighted by molar-refractivity contribution is 0.0817. The average Bonchev–Trinajstić information content (AvgIpc) is 3.38. The number of nitrogens with zero attached hydrogens (tertiary/aromatic N) is 4. The molecule has 0 unspecified atom stereocenters. The first-order chi connectivity index (χ1) is 16.0. The highest BCUT2D eigenvalue weighted by Crippen LogP contribution is 2.40. The number of benzene rings is 1. The number of aryl methyl sites for hydroxylation is 2. The minimum absolute atomic E-state index is 0.122. The fourth-order valence-corrected chi connectivity index (χ4v) is 5.06. The molecule has 0 N–H and O–H groups in total. The molecule has 1 atom stereocenters. The number of hydrogen-bond acceptors (Lipinski definition) is 7. The summed E-state index contributed by atoms with van der Waals surface area (Å²) in [6.07, 6.45) is 3.81. The number of pyridine rings is 1. The summed E-state index contributed by atoms with van der Waals surface area (Å²) >= 11 is 0. The van der Waals surface area contributed by atoms with Gasteiger partial charge in [-0.3, -0.25) is 4.98 Å². The summed E-state index contributed by atoms with van der Waals surface area (Å²) in [5.74, 6) is 2.95. The molecular formula is C25H30N4O4. The molecule has 1 fully saturated rings. The van der Waals surface area contributed by atoms with Gasteiger partial charge in [0.1, 0.15) is 22.9 Å². The van der Waals surface area contributed by atoms with E-state index in [-0.39, 0.29) is 6.04 Å². The van der Waals surface area contributed by atoms with E-state index in [2.05, 4.69) is 28.8 Å². The van der Waals surface area contributed by atoms with E-state index in [9.17, 15) is 0 Å². The molecule has 174 valence electrons. The molecule has 33 heavy (non-hydrogen) atoms. The molecule has 4 heterocycles. The van der Waals surface area contributed by atoms with Crippen molar-refractivity contribution in [1.82, 2.24) is 19.7 Å². The molecule has 1 aliphatic rings. The standard InChI is InChI=1S/C25H30N4O4/c1-14(13-30-4)29-24-18-11-22(31-5)19(23-15(2)28-33-16(23)3)10-20(18)26-12-21(24)27-25(29)17-6-8-32-9-7-17/h10-12,14,17H,6-9,13H2,1-5H3/t14-/m1/s1. The van der Waals surface area contributed by atoms with E-state index in [1.165, 1.54) is 0 Å². The maximum absolute atomic E-state index is 5.84. The van der Waals surface area contributed by atoms with E-state index in [1.807, 2.05) is 20.0 Å². The van der Waals surface area contributed by atoms with Crippen molar-refractivity contribution in [3.05, 3.63) is 35.6 Å². The van der Waals surface area contributed by atoms with Gasteiger partial charge >= 0.3 is 0 Å². The van der Waals surface area contributed by atoms with Gasteiger partial charge < -0.3 is 23.3 Å². The molecule has 1 aromatic carbocycles. The van der Waals surface area contributed by atoms with E-state index in [0.717, 1.165) is 82.1 Å². The summed E-state index contributed by atoms with van der Waals surface area (Å²) in [6, 6.07) is 4.25. The van der Waals surface area contributed by atoms with Crippen LogP contribution in [0.4, 0.5) is 0 Å². The Balaban J connectivity index is 1.78. The molecule has 0 radical (unpaired) electrons. The summed E-state index contributed by atoms with van der Waals surface area (Å²) in [7, 11) is 3.43. The lowest BCUT2D eigenvalue weighted by Crippen LogP contribution is -2.21. The summed E-state index contributed by atoms with van der Waals surface area (Å²) in [4.78, 5) is 9.85. The van der Waals surface area contributed by atoms with Crippen LogP contribution in [0, 0.1) is 13.8 Å². The Labute approximate surface area is 192 Å². The highest BCUT2D eigenvalue weighted by atomic mass is 16.5. The monoisotopic (exact) mass is 450 g/mol. The van der Waals surface area contributed by atoms with Crippen LogP contribution in [0.3, 0.4) is 0 Å². The Morgan fingerprint density at radius 3 is 2.61 bits per heavy atom. The molecule has 0 spiro atoms. The Bertz CT molecular complexity index is 1280. The molecule has 0 amide bonds. The van der Waals surface area contributed by atoms with Crippen molar-refractivity contribution in [2.24, 2.45) is 0 Å². The minimum atomic E-state index is 0.122. The van der Waals surface area contributed by atoms with E-state index in [4.69, 9.17) is 28.7 Å². The van der Waals surface area contributed by atoms with Gasteiger partial charge in [-0.05, 0) is 45.7 Å². The predicted octanol–water partition coefficient (Wildman–Crippen LogP) is 4.97. The number of aromatic nitrogens is 4. The van der Waals surface area contributed by atoms with Gasteiger partial charge in [-0.1, -0.05) is 5.16 Å². The van der Waals surface area contributed by atoms with Crippen LogP contribution in [0.15, 0.2) is 22.9 Å². The van der Waals surface area contributed by atoms with Gasteiger partial charge in [0.05, 0.1) is 48.2 Å². The average molecular weight is 451 g/mol. The Kier molecular flexibility index (Phi) is 5.80. The highest BCUT2D eigenvalue weighted by Gasteiger charge is 2.27. The van der Waals surface area contributed by atoms with E-state index >= 15 is 0 Å². The maximum Gasteiger partial charge on any atom is 0.141 e. The number of rotatable bonds is 6. The first-order valence-corrected chi connectivity index (χ1v) is 11.4. The predicted molar refractivity (Wildman–Crippen MR) is 126 cm³/mol. The smallest absolute Gasteiger partial charge is 0.141 e. The van der Waals surface area contributed by atoms with Crippen molar-refractivity contribution >= 4 is 21.9 Å². The molecule has 0 bridgehead atoms. The Morgan fingerprint density at radius 1 is 1.15 bits per heavy atom. The van der Waals surface area contributed by atoms with Gasteiger partial charge in [-0.15, -0.1) is 0 Å². The fourth-order valence-electron chi connectivity index (χ4n) is 5.06. The third-order valence-electron chi connectivity index (χ3n) is 6.60. The van der Waals surface area contributed by atoms with E-state index < -0.39 is 0 Å². The van der Waals surface area contributed by atoms with Crippen LogP contribution in [0.2, 0.25) is 0 Å². The van der Waals surface area contributed by atoms with Crippen LogP contribution >= 0.6 is 0 Å². The van der Waals surface area contributed by atoms with Crippen LogP contribution < -0.4 is 4.74 Å². The summed E-state index contributed by atoms with van der Waals surface area (Å²) in [5, 5.41) is 5.13.